The van der Waals surface area contributed by atoms with Gasteiger partial charge in [0.05, 0.1) is 13.3 Å². The maximum atomic E-state index is 11.8. The fourth-order valence-electron chi connectivity index (χ4n) is 1.07. The summed E-state index contributed by atoms with van der Waals surface area (Å²) in [7, 11) is 1.60. The van der Waals surface area contributed by atoms with Crippen molar-refractivity contribution >= 4 is 33.5 Å². The van der Waals surface area contributed by atoms with Crippen molar-refractivity contribution in [2.45, 2.75) is 25.5 Å². The third-order valence-corrected chi connectivity index (χ3v) is 3.84. The van der Waals surface area contributed by atoms with Crippen LogP contribution in [0, 0.1) is 0 Å². The Kier molecular flexibility index (Phi) is 5.04. The maximum Gasteiger partial charge on any atom is 0.144 e. The van der Waals surface area contributed by atoms with Gasteiger partial charge in [-0.25, -0.2) is 0 Å². The van der Waals surface area contributed by atoms with E-state index in [9.17, 15) is 4.55 Å². The standard InChI is InChI=1S/C12H16BrNO2S/c1-12(2,3)17(15)14-8-9-7-10(13)5-6-11(9)16-4/h5-8H,1-4H3/b14-8+/t17-/m0/s1. The van der Waals surface area contributed by atoms with E-state index in [2.05, 4.69) is 20.3 Å². The quantitative estimate of drug-likeness (QED) is 0.634. The summed E-state index contributed by atoms with van der Waals surface area (Å²) in [6.45, 7) is 5.66. The van der Waals surface area contributed by atoms with Gasteiger partial charge in [-0.1, -0.05) is 20.3 Å². The third-order valence-electron chi connectivity index (χ3n) is 2.00. The molecule has 17 heavy (non-hydrogen) atoms. The molecule has 5 heteroatoms. The topological polar surface area (TPSA) is 44.6 Å². The molecule has 1 atom stereocenters. The van der Waals surface area contributed by atoms with Gasteiger partial charge in [-0.15, -0.1) is 0 Å². The lowest BCUT2D eigenvalue weighted by molar-refractivity contribution is 0.414. The van der Waals surface area contributed by atoms with Gasteiger partial charge in [-0.3, -0.25) is 0 Å². The van der Waals surface area contributed by atoms with Crippen molar-refractivity contribution in [1.29, 1.82) is 0 Å². The summed E-state index contributed by atoms with van der Waals surface area (Å²) in [6.07, 6.45) is 1.59. The molecule has 0 aliphatic carbocycles. The SMILES string of the molecule is COc1ccc(Br)cc1/C=N/[S@@+]([O-])C(C)(C)C. The summed E-state index contributed by atoms with van der Waals surface area (Å²) in [5.41, 5.74) is 0.805. The molecule has 0 aromatic heterocycles. The number of hydrogen-bond acceptors (Lipinski definition) is 3. The highest BCUT2D eigenvalue weighted by molar-refractivity contribution is 9.10. The van der Waals surface area contributed by atoms with Crippen LogP contribution in [0.1, 0.15) is 26.3 Å². The van der Waals surface area contributed by atoms with Crippen LogP contribution in [-0.2, 0) is 11.4 Å². The summed E-state index contributed by atoms with van der Waals surface area (Å²) in [4.78, 5) is 0. The van der Waals surface area contributed by atoms with E-state index in [1.807, 2.05) is 39.0 Å². The highest BCUT2D eigenvalue weighted by Crippen LogP contribution is 2.22. The van der Waals surface area contributed by atoms with Gasteiger partial charge in [-0.05, 0) is 39.0 Å². The lowest BCUT2D eigenvalue weighted by Crippen LogP contribution is -2.25. The number of benzene rings is 1. The smallest absolute Gasteiger partial charge is 0.144 e. The van der Waals surface area contributed by atoms with Crippen LogP contribution in [0.25, 0.3) is 0 Å². The second-order valence-electron chi connectivity index (χ2n) is 4.48. The molecule has 0 radical (unpaired) electrons. The number of ether oxygens (including phenoxy) is 1. The van der Waals surface area contributed by atoms with Gasteiger partial charge in [0, 0.05) is 10.0 Å². The Hall–Kier alpha value is -0.520. The molecule has 3 nitrogen and oxygen atoms in total. The molecular formula is C12H16BrNO2S. The minimum atomic E-state index is -1.26. The Balaban J connectivity index is 2.94. The second kappa shape index (κ2) is 5.89. The summed E-state index contributed by atoms with van der Waals surface area (Å²) in [6, 6.07) is 5.60. The van der Waals surface area contributed by atoms with Crippen molar-refractivity contribution < 1.29 is 9.29 Å². The molecule has 0 aliphatic heterocycles. The van der Waals surface area contributed by atoms with E-state index in [1.165, 1.54) is 0 Å². The van der Waals surface area contributed by atoms with Crippen LogP contribution in [0.3, 0.4) is 0 Å². The molecule has 1 aromatic rings. The fraction of sp³-hybridized carbons (Fsp3) is 0.417. The number of rotatable bonds is 3. The lowest BCUT2D eigenvalue weighted by atomic mass is 10.2. The van der Waals surface area contributed by atoms with Crippen molar-refractivity contribution in [2.75, 3.05) is 7.11 Å². The summed E-state index contributed by atoms with van der Waals surface area (Å²) < 4.78 is 21.6. The fourth-order valence-corrected chi connectivity index (χ4v) is 1.97. The largest absolute Gasteiger partial charge is 0.591 e. The van der Waals surface area contributed by atoms with E-state index < -0.39 is 11.4 Å². The molecule has 94 valence electrons. The molecule has 0 heterocycles. The molecule has 0 saturated carbocycles. The van der Waals surface area contributed by atoms with Crippen molar-refractivity contribution in [3.05, 3.63) is 28.2 Å². The highest BCUT2D eigenvalue weighted by atomic mass is 79.9. The van der Waals surface area contributed by atoms with E-state index in [0.29, 0.717) is 5.75 Å². The minimum absolute atomic E-state index is 0.351. The van der Waals surface area contributed by atoms with Crippen molar-refractivity contribution in [1.82, 2.24) is 0 Å². The zero-order valence-electron chi connectivity index (χ0n) is 10.4. The first-order valence-corrected chi connectivity index (χ1v) is 7.04. The number of halogens is 1. The molecule has 0 amide bonds. The lowest BCUT2D eigenvalue weighted by Gasteiger charge is -2.17. The van der Waals surface area contributed by atoms with Gasteiger partial charge in [0.15, 0.2) is 0 Å². The molecule has 0 saturated heterocycles. The molecule has 0 bridgehead atoms. The van der Waals surface area contributed by atoms with Crippen LogP contribution in [0.4, 0.5) is 0 Å². The predicted octanol–water partition coefficient (Wildman–Crippen LogP) is 3.34. The summed E-state index contributed by atoms with van der Waals surface area (Å²) in [5.74, 6) is 0.711. The molecule has 0 fully saturated rings. The zero-order valence-corrected chi connectivity index (χ0v) is 12.8. The predicted molar refractivity (Wildman–Crippen MR) is 76.2 cm³/mol. The van der Waals surface area contributed by atoms with Crippen molar-refractivity contribution in [3.63, 3.8) is 0 Å². The van der Waals surface area contributed by atoms with Crippen LogP contribution < -0.4 is 4.74 Å². The minimum Gasteiger partial charge on any atom is -0.591 e. The number of methoxy groups -OCH3 is 1. The normalized spacial score (nSPS) is 14.0. The number of hydrogen-bond donors (Lipinski definition) is 0. The number of nitrogens with zero attached hydrogens (tertiary/aromatic N) is 1. The molecule has 1 rings (SSSR count). The van der Waals surface area contributed by atoms with Gasteiger partial charge >= 0.3 is 0 Å². The molecular weight excluding hydrogens is 302 g/mol. The third kappa shape index (κ3) is 4.33. The Bertz CT molecular complexity index is 415. The van der Waals surface area contributed by atoms with E-state index >= 15 is 0 Å². The average molecular weight is 318 g/mol. The monoisotopic (exact) mass is 317 g/mol. The summed E-state index contributed by atoms with van der Waals surface area (Å²) >= 11 is 2.12. The zero-order chi connectivity index (χ0) is 13.1. The van der Waals surface area contributed by atoms with E-state index in [-0.39, 0.29) is 4.75 Å². The van der Waals surface area contributed by atoms with Crippen LogP contribution in [0.15, 0.2) is 27.1 Å². The Labute approximate surface area is 114 Å². The maximum absolute atomic E-state index is 11.8. The second-order valence-corrected chi connectivity index (χ2v) is 7.33. The molecule has 1 aromatic carbocycles. The van der Waals surface area contributed by atoms with Crippen LogP contribution in [-0.4, -0.2) is 22.6 Å². The van der Waals surface area contributed by atoms with Gasteiger partial charge in [0.1, 0.15) is 21.9 Å². The van der Waals surface area contributed by atoms with Crippen LogP contribution >= 0.6 is 15.9 Å². The van der Waals surface area contributed by atoms with Crippen LogP contribution in [0.5, 0.6) is 5.75 Å². The summed E-state index contributed by atoms with van der Waals surface area (Å²) in [5, 5.41) is 0. The first-order valence-electron chi connectivity index (χ1n) is 5.14. The molecule has 0 aliphatic rings. The molecule has 0 unspecified atom stereocenters. The Morgan fingerprint density at radius 2 is 2.06 bits per heavy atom. The van der Waals surface area contributed by atoms with Gasteiger partial charge < -0.3 is 9.29 Å². The molecule has 0 N–H and O–H groups in total. The first-order chi connectivity index (χ1) is 7.84. The van der Waals surface area contributed by atoms with Gasteiger partial charge in [0.2, 0.25) is 0 Å². The highest BCUT2D eigenvalue weighted by Gasteiger charge is 2.25. The Morgan fingerprint density at radius 3 is 2.59 bits per heavy atom. The van der Waals surface area contributed by atoms with Crippen molar-refractivity contribution in [3.8, 4) is 5.75 Å². The van der Waals surface area contributed by atoms with E-state index in [4.69, 9.17) is 4.74 Å². The van der Waals surface area contributed by atoms with Gasteiger partial charge in [-0.2, -0.15) is 0 Å². The van der Waals surface area contributed by atoms with E-state index in [1.54, 1.807) is 13.3 Å². The Morgan fingerprint density at radius 1 is 1.41 bits per heavy atom. The average Bonchev–Trinajstić information content (AvgIpc) is 2.24. The van der Waals surface area contributed by atoms with Crippen molar-refractivity contribution in [2.24, 2.45) is 4.40 Å². The van der Waals surface area contributed by atoms with Crippen LogP contribution in [0.2, 0.25) is 0 Å². The molecule has 0 spiro atoms. The van der Waals surface area contributed by atoms with Gasteiger partial charge in [0.25, 0.3) is 0 Å². The van der Waals surface area contributed by atoms with E-state index in [0.717, 1.165) is 10.0 Å². The first kappa shape index (κ1) is 14.5.